The van der Waals surface area contributed by atoms with Gasteiger partial charge in [-0.15, -0.1) is 0 Å². The van der Waals surface area contributed by atoms with Crippen molar-refractivity contribution >= 4 is 5.97 Å². The minimum atomic E-state index is -0.382. The number of hydrogen-bond acceptors (Lipinski definition) is 3. The Bertz CT molecular complexity index is 292. The maximum Gasteiger partial charge on any atom is 0.384 e. The highest BCUT2D eigenvalue weighted by atomic mass is 16.5. The SMILES string of the molecule is CCOC(=O)C#CC12CCN(CC1)C2. The van der Waals surface area contributed by atoms with Gasteiger partial charge in [-0.25, -0.2) is 4.79 Å². The quantitative estimate of drug-likeness (QED) is 0.348. The minimum Gasteiger partial charge on any atom is -0.456 e. The molecule has 3 nitrogen and oxygen atoms in total. The Hall–Kier alpha value is -1.01. The largest absolute Gasteiger partial charge is 0.456 e. The fourth-order valence-electron chi connectivity index (χ4n) is 2.24. The summed E-state index contributed by atoms with van der Waals surface area (Å²) in [7, 11) is 0. The van der Waals surface area contributed by atoms with E-state index in [9.17, 15) is 4.79 Å². The van der Waals surface area contributed by atoms with Gasteiger partial charge in [0.1, 0.15) is 0 Å². The van der Waals surface area contributed by atoms with Gasteiger partial charge < -0.3 is 9.64 Å². The van der Waals surface area contributed by atoms with Crippen molar-refractivity contribution in [1.29, 1.82) is 0 Å². The van der Waals surface area contributed by atoms with E-state index < -0.39 is 0 Å². The highest BCUT2D eigenvalue weighted by Gasteiger charge is 2.42. The van der Waals surface area contributed by atoms with Gasteiger partial charge in [0.2, 0.25) is 0 Å². The molecule has 0 spiro atoms. The van der Waals surface area contributed by atoms with Gasteiger partial charge in [0, 0.05) is 17.9 Å². The van der Waals surface area contributed by atoms with Crippen LogP contribution in [0.1, 0.15) is 19.8 Å². The number of carbonyl (C=O) groups excluding carboxylic acids is 1. The van der Waals surface area contributed by atoms with E-state index in [0.29, 0.717) is 6.61 Å². The van der Waals surface area contributed by atoms with E-state index in [0.717, 1.165) is 32.5 Å². The maximum absolute atomic E-state index is 11.1. The van der Waals surface area contributed by atoms with E-state index >= 15 is 0 Å². The second kappa shape index (κ2) is 3.62. The van der Waals surface area contributed by atoms with Crippen molar-refractivity contribution in [3.05, 3.63) is 0 Å². The van der Waals surface area contributed by atoms with E-state index in [1.54, 1.807) is 6.92 Å². The predicted octanol–water partition coefficient (Wildman–Crippen LogP) is 0.649. The summed E-state index contributed by atoms with van der Waals surface area (Å²) in [4.78, 5) is 13.5. The standard InChI is InChI=1S/C11H15NO2/c1-2-14-10(13)3-4-11-5-7-12(9-11)8-6-11/h2,5-9H2,1H3. The molecule has 0 aromatic rings. The van der Waals surface area contributed by atoms with Gasteiger partial charge in [-0.3, -0.25) is 0 Å². The Morgan fingerprint density at radius 2 is 2.21 bits per heavy atom. The number of piperidine rings is 1. The van der Waals surface area contributed by atoms with Gasteiger partial charge in [0.15, 0.2) is 0 Å². The number of nitrogens with zero attached hydrogens (tertiary/aromatic N) is 1. The first-order valence-electron chi connectivity index (χ1n) is 5.16. The summed E-state index contributed by atoms with van der Waals surface area (Å²) in [6.07, 6.45) is 2.22. The second-order valence-corrected chi connectivity index (χ2v) is 4.03. The molecule has 2 rings (SSSR count). The van der Waals surface area contributed by atoms with Crippen LogP contribution < -0.4 is 0 Å². The van der Waals surface area contributed by atoms with E-state index in [1.807, 2.05) is 0 Å². The molecular weight excluding hydrogens is 178 g/mol. The van der Waals surface area contributed by atoms with Gasteiger partial charge in [-0.05, 0) is 32.9 Å². The molecule has 2 aliphatic rings. The molecule has 3 heteroatoms. The molecule has 2 fully saturated rings. The predicted molar refractivity (Wildman–Crippen MR) is 52.5 cm³/mol. The van der Waals surface area contributed by atoms with Crippen molar-refractivity contribution in [2.24, 2.45) is 5.41 Å². The van der Waals surface area contributed by atoms with Crippen molar-refractivity contribution in [1.82, 2.24) is 4.90 Å². The van der Waals surface area contributed by atoms with Crippen molar-refractivity contribution < 1.29 is 9.53 Å². The fourth-order valence-corrected chi connectivity index (χ4v) is 2.24. The van der Waals surface area contributed by atoms with Crippen molar-refractivity contribution in [2.75, 3.05) is 26.2 Å². The van der Waals surface area contributed by atoms with Crippen LogP contribution in [0.4, 0.5) is 0 Å². The summed E-state index contributed by atoms with van der Waals surface area (Å²) in [5.41, 5.74) is 0.104. The normalized spacial score (nSPS) is 33.6. The van der Waals surface area contributed by atoms with Crippen LogP contribution in [0.2, 0.25) is 0 Å². The number of hydrogen-bond donors (Lipinski definition) is 0. The number of fused-ring (bicyclic) bond motifs is 2. The van der Waals surface area contributed by atoms with Gasteiger partial charge in [0.05, 0.1) is 6.61 Å². The lowest BCUT2D eigenvalue weighted by Crippen LogP contribution is -2.18. The molecule has 0 radical (unpaired) electrons. The average molecular weight is 193 g/mol. The molecule has 0 atom stereocenters. The maximum atomic E-state index is 11.1. The Labute approximate surface area is 84.4 Å². The van der Waals surface area contributed by atoms with Gasteiger partial charge >= 0.3 is 5.97 Å². The smallest absolute Gasteiger partial charge is 0.384 e. The van der Waals surface area contributed by atoms with E-state index in [2.05, 4.69) is 16.7 Å². The zero-order chi connectivity index (χ0) is 10.0. The van der Waals surface area contributed by atoms with Crippen molar-refractivity contribution in [3.8, 4) is 11.8 Å². The fraction of sp³-hybridized carbons (Fsp3) is 0.727. The molecule has 2 heterocycles. The lowest BCUT2D eigenvalue weighted by Gasteiger charge is -2.17. The lowest BCUT2D eigenvalue weighted by atomic mass is 9.85. The number of esters is 1. The summed E-state index contributed by atoms with van der Waals surface area (Å²) < 4.78 is 4.78. The molecule has 2 saturated heterocycles. The average Bonchev–Trinajstić information content (AvgIpc) is 2.75. The minimum absolute atomic E-state index is 0.104. The Kier molecular flexibility index (Phi) is 2.47. The molecule has 0 aromatic heterocycles. The van der Waals surface area contributed by atoms with Crippen LogP contribution in [0.15, 0.2) is 0 Å². The third-order valence-corrected chi connectivity index (χ3v) is 3.04. The molecule has 2 bridgehead atoms. The molecule has 14 heavy (non-hydrogen) atoms. The van der Waals surface area contributed by atoms with Crippen LogP contribution in [0.3, 0.4) is 0 Å². The topological polar surface area (TPSA) is 29.5 Å². The zero-order valence-electron chi connectivity index (χ0n) is 8.51. The first-order valence-corrected chi connectivity index (χ1v) is 5.16. The molecule has 0 saturated carbocycles. The Morgan fingerprint density at radius 1 is 1.50 bits per heavy atom. The van der Waals surface area contributed by atoms with Crippen LogP contribution in [-0.2, 0) is 9.53 Å². The summed E-state index contributed by atoms with van der Waals surface area (Å²) in [6.45, 7) is 5.52. The highest BCUT2D eigenvalue weighted by Crippen LogP contribution is 2.39. The molecule has 76 valence electrons. The number of rotatable bonds is 1. The van der Waals surface area contributed by atoms with Gasteiger partial charge in [0.25, 0.3) is 0 Å². The van der Waals surface area contributed by atoms with Crippen LogP contribution in [0.25, 0.3) is 0 Å². The summed E-state index contributed by atoms with van der Waals surface area (Å²) in [5.74, 6) is 5.33. The third-order valence-electron chi connectivity index (χ3n) is 3.04. The van der Waals surface area contributed by atoms with Gasteiger partial charge in [-0.2, -0.15) is 0 Å². The summed E-state index contributed by atoms with van der Waals surface area (Å²) in [5, 5.41) is 0. The van der Waals surface area contributed by atoms with E-state index in [1.165, 1.54) is 0 Å². The number of carbonyl (C=O) groups is 1. The van der Waals surface area contributed by atoms with Gasteiger partial charge in [-0.1, -0.05) is 5.92 Å². The summed E-state index contributed by atoms with van der Waals surface area (Å²) in [6, 6.07) is 0. The Morgan fingerprint density at radius 3 is 2.71 bits per heavy atom. The van der Waals surface area contributed by atoms with Crippen LogP contribution in [-0.4, -0.2) is 37.1 Å². The second-order valence-electron chi connectivity index (χ2n) is 4.03. The van der Waals surface area contributed by atoms with Crippen molar-refractivity contribution in [3.63, 3.8) is 0 Å². The monoisotopic (exact) mass is 193 g/mol. The molecular formula is C11H15NO2. The first kappa shape index (κ1) is 9.54. The van der Waals surface area contributed by atoms with Crippen LogP contribution in [0.5, 0.6) is 0 Å². The Balaban J connectivity index is 1.99. The van der Waals surface area contributed by atoms with Crippen LogP contribution in [0, 0.1) is 17.3 Å². The molecule has 0 unspecified atom stereocenters. The highest BCUT2D eigenvalue weighted by molar-refractivity contribution is 5.88. The van der Waals surface area contributed by atoms with Crippen LogP contribution >= 0.6 is 0 Å². The molecule has 0 amide bonds. The first-order chi connectivity index (χ1) is 6.74. The van der Waals surface area contributed by atoms with Crippen molar-refractivity contribution in [2.45, 2.75) is 19.8 Å². The summed E-state index contributed by atoms with van der Waals surface area (Å²) >= 11 is 0. The zero-order valence-corrected chi connectivity index (χ0v) is 8.51. The molecule has 0 aromatic carbocycles. The van der Waals surface area contributed by atoms with E-state index in [-0.39, 0.29) is 11.4 Å². The third kappa shape index (κ3) is 1.76. The molecule has 0 aliphatic carbocycles. The lowest BCUT2D eigenvalue weighted by molar-refractivity contribution is -0.136. The molecule has 2 aliphatic heterocycles. The van der Waals surface area contributed by atoms with E-state index in [4.69, 9.17) is 4.74 Å². The number of ether oxygens (including phenoxy) is 1. The molecule has 0 N–H and O–H groups in total.